The van der Waals surface area contributed by atoms with E-state index in [1.165, 1.54) is 0 Å². The largest absolute Gasteiger partial charge is 0.377 e. The van der Waals surface area contributed by atoms with E-state index in [-0.39, 0.29) is 12.0 Å². The first-order valence-electron chi connectivity index (χ1n) is 7.44. The standard InChI is InChI=1S/C16H24N2O3/c1-20-15(13-5-3-2-4-6-13)16(19)18-10-7-14(8-11-18)21-12-9-17/h2-6,14-15H,7-12,17H2,1H3. The van der Waals surface area contributed by atoms with Crippen LogP contribution in [0.2, 0.25) is 0 Å². The number of hydrogen-bond acceptors (Lipinski definition) is 4. The van der Waals surface area contributed by atoms with E-state index in [9.17, 15) is 4.79 Å². The van der Waals surface area contributed by atoms with Crippen molar-refractivity contribution >= 4 is 5.91 Å². The van der Waals surface area contributed by atoms with Gasteiger partial charge in [0.15, 0.2) is 6.10 Å². The molecule has 1 aliphatic heterocycles. The molecule has 0 radical (unpaired) electrons. The summed E-state index contributed by atoms with van der Waals surface area (Å²) in [6.07, 6.45) is 1.41. The van der Waals surface area contributed by atoms with Crippen LogP contribution in [-0.4, -0.2) is 50.3 Å². The van der Waals surface area contributed by atoms with Crippen LogP contribution in [0.4, 0.5) is 0 Å². The normalized spacial score (nSPS) is 17.7. The van der Waals surface area contributed by atoms with Crippen LogP contribution in [0, 0.1) is 0 Å². The molecule has 1 aromatic carbocycles. The van der Waals surface area contributed by atoms with Gasteiger partial charge in [0.05, 0.1) is 12.7 Å². The van der Waals surface area contributed by atoms with Crippen LogP contribution in [-0.2, 0) is 14.3 Å². The molecule has 1 aromatic rings. The predicted molar refractivity (Wildman–Crippen MR) is 80.8 cm³/mol. The summed E-state index contributed by atoms with van der Waals surface area (Å²) in [5.74, 6) is 0.0287. The van der Waals surface area contributed by atoms with Crippen molar-refractivity contribution in [3.05, 3.63) is 35.9 Å². The molecule has 116 valence electrons. The zero-order valence-corrected chi connectivity index (χ0v) is 12.5. The van der Waals surface area contributed by atoms with Gasteiger partial charge in [-0.2, -0.15) is 0 Å². The Morgan fingerprint density at radius 3 is 2.57 bits per heavy atom. The lowest BCUT2D eigenvalue weighted by Gasteiger charge is -2.33. The van der Waals surface area contributed by atoms with Crippen molar-refractivity contribution in [2.45, 2.75) is 25.0 Å². The molecule has 1 saturated heterocycles. The van der Waals surface area contributed by atoms with Crippen molar-refractivity contribution in [2.75, 3.05) is 33.4 Å². The fourth-order valence-corrected chi connectivity index (χ4v) is 2.65. The highest BCUT2D eigenvalue weighted by Crippen LogP contribution is 2.22. The van der Waals surface area contributed by atoms with Crippen LogP contribution < -0.4 is 5.73 Å². The Kier molecular flexibility index (Phi) is 6.17. The van der Waals surface area contributed by atoms with Crippen LogP contribution >= 0.6 is 0 Å². The number of methoxy groups -OCH3 is 1. The highest BCUT2D eigenvalue weighted by atomic mass is 16.5. The molecule has 5 nitrogen and oxygen atoms in total. The predicted octanol–water partition coefficient (Wildman–Crippen LogP) is 1.34. The average molecular weight is 292 g/mol. The van der Waals surface area contributed by atoms with Crippen LogP contribution in [0.5, 0.6) is 0 Å². The van der Waals surface area contributed by atoms with Crippen molar-refractivity contribution in [3.8, 4) is 0 Å². The number of benzene rings is 1. The second-order valence-electron chi connectivity index (χ2n) is 5.21. The maximum absolute atomic E-state index is 12.6. The molecule has 5 heteroatoms. The van der Waals surface area contributed by atoms with E-state index in [4.69, 9.17) is 15.2 Å². The Morgan fingerprint density at radius 2 is 2.00 bits per heavy atom. The summed E-state index contributed by atoms with van der Waals surface area (Å²) in [4.78, 5) is 14.5. The van der Waals surface area contributed by atoms with Crippen molar-refractivity contribution in [3.63, 3.8) is 0 Å². The zero-order chi connectivity index (χ0) is 15.1. The summed E-state index contributed by atoms with van der Waals surface area (Å²) >= 11 is 0. The molecule has 0 aliphatic carbocycles. The van der Waals surface area contributed by atoms with Gasteiger partial charge in [0, 0.05) is 26.7 Å². The van der Waals surface area contributed by atoms with E-state index < -0.39 is 6.10 Å². The molecule has 2 rings (SSSR count). The summed E-state index contributed by atoms with van der Waals surface area (Å²) in [7, 11) is 1.58. The highest BCUT2D eigenvalue weighted by molar-refractivity contribution is 5.82. The second-order valence-corrected chi connectivity index (χ2v) is 5.21. The molecule has 2 N–H and O–H groups in total. The molecule has 1 amide bonds. The minimum atomic E-state index is -0.521. The number of carbonyl (C=O) groups is 1. The number of carbonyl (C=O) groups excluding carboxylic acids is 1. The van der Waals surface area contributed by atoms with Gasteiger partial charge >= 0.3 is 0 Å². The summed E-state index contributed by atoms with van der Waals surface area (Å²) in [6, 6.07) is 9.61. The molecule has 1 unspecified atom stereocenters. The maximum atomic E-state index is 12.6. The molecular weight excluding hydrogens is 268 g/mol. The molecular formula is C16H24N2O3. The summed E-state index contributed by atoms with van der Waals surface area (Å²) < 4.78 is 11.0. The summed E-state index contributed by atoms with van der Waals surface area (Å²) in [6.45, 7) is 2.55. The van der Waals surface area contributed by atoms with Crippen molar-refractivity contribution < 1.29 is 14.3 Å². The number of nitrogens with zero attached hydrogens (tertiary/aromatic N) is 1. The molecule has 0 spiro atoms. The number of ether oxygens (including phenoxy) is 2. The topological polar surface area (TPSA) is 64.8 Å². The van der Waals surface area contributed by atoms with E-state index in [0.29, 0.717) is 26.2 Å². The van der Waals surface area contributed by atoms with Crippen LogP contribution in [0.15, 0.2) is 30.3 Å². The fraction of sp³-hybridized carbons (Fsp3) is 0.562. The molecule has 1 heterocycles. The van der Waals surface area contributed by atoms with E-state index >= 15 is 0 Å². The van der Waals surface area contributed by atoms with E-state index in [1.54, 1.807) is 7.11 Å². The molecule has 21 heavy (non-hydrogen) atoms. The Hall–Kier alpha value is -1.43. The van der Waals surface area contributed by atoms with Gasteiger partial charge in [-0.3, -0.25) is 4.79 Å². The highest BCUT2D eigenvalue weighted by Gasteiger charge is 2.29. The number of nitrogens with two attached hydrogens (primary N) is 1. The number of rotatable bonds is 6. The third kappa shape index (κ3) is 4.27. The Bertz CT molecular complexity index is 430. The number of likely N-dealkylation sites (tertiary alicyclic amines) is 1. The number of hydrogen-bond donors (Lipinski definition) is 1. The van der Waals surface area contributed by atoms with Gasteiger partial charge in [-0.05, 0) is 18.4 Å². The molecule has 1 fully saturated rings. The maximum Gasteiger partial charge on any atom is 0.256 e. The first-order chi connectivity index (χ1) is 10.3. The van der Waals surface area contributed by atoms with Gasteiger partial charge in [0.2, 0.25) is 0 Å². The zero-order valence-electron chi connectivity index (χ0n) is 12.5. The quantitative estimate of drug-likeness (QED) is 0.859. The van der Waals surface area contributed by atoms with Gasteiger partial charge in [0.25, 0.3) is 5.91 Å². The van der Waals surface area contributed by atoms with E-state index in [1.807, 2.05) is 35.2 Å². The average Bonchev–Trinajstić information content (AvgIpc) is 2.55. The lowest BCUT2D eigenvalue weighted by molar-refractivity contribution is -0.145. The van der Waals surface area contributed by atoms with Gasteiger partial charge in [-0.15, -0.1) is 0 Å². The van der Waals surface area contributed by atoms with Crippen LogP contribution in [0.25, 0.3) is 0 Å². The minimum absolute atomic E-state index is 0.0287. The summed E-state index contributed by atoms with van der Waals surface area (Å²) in [5.41, 5.74) is 6.33. The molecule has 0 aromatic heterocycles. The van der Waals surface area contributed by atoms with Crippen molar-refractivity contribution in [1.29, 1.82) is 0 Å². The summed E-state index contributed by atoms with van der Waals surface area (Å²) in [5, 5.41) is 0. The number of piperidine rings is 1. The minimum Gasteiger partial charge on any atom is -0.377 e. The van der Waals surface area contributed by atoms with Gasteiger partial charge in [-0.1, -0.05) is 30.3 Å². The lowest BCUT2D eigenvalue weighted by Crippen LogP contribution is -2.43. The van der Waals surface area contributed by atoms with E-state index in [0.717, 1.165) is 18.4 Å². The third-order valence-electron chi connectivity index (χ3n) is 3.79. The molecule has 0 saturated carbocycles. The third-order valence-corrected chi connectivity index (χ3v) is 3.79. The lowest BCUT2D eigenvalue weighted by atomic mass is 10.0. The van der Waals surface area contributed by atoms with Crippen molar-refractivity contribution in [2.24, 2.45) is 5.73 Å². The molecule has 1 atom stereocenters. The van der Waals surface area contributed by atoms with Gasteiger partial charge < -0.3 is 20.1 Å². The molecule has 0 bridgehead atoms. The van der Waals surface area contributed by atoms with Gasteiger partial charge in [0.1, 0.15) is 0 Å². The fourth-order valence-electron chi connectivity index (χ4n) is 2.65. The van der Waals surface area contributed by atoms with E-state index in [2.05, 4.69) is 0 Å². The Morgan fingerprint density at radius 1 is 1.33 bits per heavy atom. The van der Waals surface area contributed by atoms with Crippen LogP contribution in [0.1, 0.15) is 24.5 Å². The monoisotopic (exact) mass is 292 g/mol. The smallest absolute Gasteiger partial charge is 0.256 e. The first kappa shape index (κ1) is 15.9. The van der Waals surface area contributed by atoms with Gasteiger partial charge in [-0.25, -0.2) is 0 Å². The molecule has 1 aliphatic rings. The van der Waals surface area contributed by atoms with Crippen LogP contribution in [0.3, 0.4) is 0 Å². The Labute approximate surface area is 126 Å². The first-order valence-corrected chi connectivity index (χ1v) is 7.44. The Balaban J connectivity index is 1.91. The SMILES string of the molecule is COC(C(=O)N1CCC(OCCN)CC1)c1ccccc1. The van der Waals surface area contributed by atoms with Crippen molar-refractivity contribution in [1.82, 2.24) is 4.90 Å². The number of amides is 1. The second kappa shape index (κ2) is 8.12.